The lowest BCUT2D eigenvalue weighted by Crippen LogP contribution is -2.31. The monoisotopic (exact) mass is 341 g/mol. The van der Waals surface area contributed by atoms with Crippen molar-refractivity contribution in [3.05, 3.63) is 47.0 Å². The van der Waals surface area contributed by atoms with E-state index in [0.717, 1.165) is 42.4 Å². The van der Waals surface area contributed by atoms with E-state index in [1.807, 2.05) is 12.1 Å². The van der Waals surface area contributed by atoms with Crippen molar-refractivity contribution in [2.75, 3.05) is 34.0 Å². The third kappa shape index (κ3) is 3.12. The minimum absolute atomic E-state index is 0.248. The number of benzene rings is 2. The van der Waals surface area contributed by atoms with Gasteiger partial charge in [-0.25, -0.2) is 0 Å². The summed E-state index contributed by atoms with van der Waals surface area (Å²) < 4.78 is 22.2. The van der Waals surface area contributed by atoms with E-state index in [0.29, 0.717) is 13.2 Å². The summed E-state index contributed by atoms with van der Waals surface area (Å²) in [5, 5.41) is 3.63. The Morgan fingerprint density at radius 2 is 1.76 bits per heavy atom. The standard InChI is InChI=1S/C20H23NO4/c1-22-17-4-3-13(10-18(17)23-2)9-16-15-12-20-19(24-7-8-25-20)11-14(15)5-6-21-16/h3-4,10-12,16,21H,5-9H2,1-2H3. The number of hydrogen-bond donors (Lipinski definition) is 1. The third-order valence-corrected chi connectivity index (χ3v) is 4.85. The summed E-state index contributed by atoms with van der Waals surface area (Å²) in [6.45, 7) is 2.20. The molecule has 2 aliphatic rings. The van der Waals surface area contributed by atoms with Crippen LogP contribution in [0, 0.1) is 0 Å². The van der Waals surface area contributed by atoms with Crippen molar-refractivity contribution in [3.8, 4) is 23.0 Å². The molecule has 1 atom stereocenters. The molecule has 1 N–H and O–H groups in total. The lowest BCUT2D eigenvalue weighted by atomic mass is 9.89. The Hall–Kier alpha value is -2.40. The summed E-state index contributed by atoms with van der Waals surface area (Å²) in [7, 11) is 3.32. The average Bonchev–Trinajstić information content (AvgIpc) is 2.66. The number of hydrogen-bond acceptors (Lipinski definition) is 5. The first-order valence-corrected chi connectivity index (χ1v) is 8.65. The molecule has 0 bridgehead atoms. The number of ether oxygens (including phenoxy) is 4. The summed E-state index contributed by atoms with van der Waals surface area (Å²) in [5.41, 5.74) is 3.84. The highest BCUT2D eigenvalue weighted by molar-refractivity contribution is 5.51. The van der Waals surface area contributed by atoms with Crippen LogP contribution in [0.4, 0.5) is 0 Å². The highest BCUT2D eigenvalue weighted by Gasteiger charge is 2.24. The van der Waals surface area contributed by atoms with Gasteiger partial charge in [0.1, 0.15) is 13.2 Å². The van der Waals surface area contributed by atoms with Crippen LogP contribution in [0.25, 0.3) is 0 Å². The van der Waals surface area contributed by atoms with Gasteiger partial charge in [-0.15, -0.1) is 0 Å². The Morgan fingerprint density at radius 1 is 1.00 bits per heavy atom. The molecule has 2 aromatic rings. The molecule has 2 heterocycles. The van der Waals surface area contributed by atoms with Gasteiger partial charge < -0.3 is 24.3 Å². The topological polar surface area (TPSA) is 49.0 Å². The number of methoxy groups -OCH3 is 2. The number of rotatable bonds is 4. The van der Waals surface area contributed by atoms with Crippen molar-refractivity contribution in [3.63, 3.8) is 0 Å². The van der Waals surface area contributed by atoms with Crippen LogP contribution in [-0.4, -0.2) is 34.0 Å². The van der Waals surface area contributed by atoms with E-state index in [1.165, 1.54) is 16.7 Å². The lowest BCUT2D eigenvalue weighted by Gasteiger charge is -2.30. The molecule has 25 heavy (non-hydrogen) atoms. The van der Waals surface area contributed by atoms with Gasteiger partial charge in [0.25, 0.3) is 0 Å². The van der Waals surface area contributed by atoms with Crippen LogP contribution in [0.5, 0.6) is 23.0 Å². The molecule has 0 spiro atoms. The zero-order valence-electron chi connectivity index (χ0n) is 14.6. The fraction of sp³-hybridized carbons (Fsp3) is 0.400. The van der Waals surface area contributed by atoms with Crippen LogP contribution >= 0.6 is 0 Å². The van der Waals surface area contributed by atoms with Crippen LogP contribution in [0.15, 0.2) is 30.3 Å². The Bertz CT molecular complexity index is 775. The molecule has 0 aliphatic carbocycles. The Kier molecular flexibility index (Phi) is 4.40. The third-order valence-electron chi connectivity index (χ3n) is 4.85. The maximum atomic E-state index is 5.77. The van der Waals surface area contributed by atoms with Crippen LogP contribution in [-0.2, 0) is 12.8 Å². The first-order chi connectivity index (χ1) is 12.3. The SMILES string of the molecule is COc1ccc(CC2NCCc3cc4c(cc32)OCCO4)cc1OC. The molecule has 0 saturated heterocycles. The Labute approximate surface area is 147 Å². The van der Waals surface area contributed by atoms with Crippen molar-refractivity contribution in [1.82, 2.24) is 5.32 Å². The minimum Gasteiger partial charge on any atom is -0.493 e. The second kappa shape index (κ2) is 6.84. The van der Waals surface area contributed by atoms with Crippen LogP contribution < -0.4 is 24.3 Å². The molecule has 5 heteroatoms. The molecule has 0 saturated carbocycles. The molecule has 0 amide bonds. The summed E-state index contributed by atoms with van der Waals surface area (Å²) in [6.07, 6.45) is 1.89. The van der Waals surface area contributed by atoms with Crippen molar-refractivity contribution < 1.29 is 18.9 Å². The minimum atomic E-state index is 0.248. The van der Waals surface area contributed by atoms with Crippen LogP contribution in [0.2, 0.25) is 0 Å². The van der Waals surface area contributed by atoms with Gasteiger partial charge in [-0.3, -0.25) is 0 Å². The van der Waals surface area contributed by atoms with Gasteiger partial charge in [0.05, 0.1) is 14.2 Å². The molecule has 2 aliphatic heterocycles. The quantitative estimate of drug-likeness (QED) is 0.927. The Balaban J connectivity index is 1.63. The number of nitrogens with one attached hydrogen (secondary N) is 1. The van der Waals surface area contributed by atoms with Crippen molar-refractivity contribution >= 4 is 0 Å². The highest BCUT2D eigenvalue weighted by Crippen LogP contribution is 2.38. The molecule has 5 nitrogen and oxygen atoms in total. The maximum absolute atomic E-state index is 5.77. The second-order valence-electron chi connectivity index (χ2n) is 6.34. The second-order valence-corrected chi connectivity index (χ2v) is 6.34. The summed E-state index contributed by atoms with van der Waals surface area (Å²) in [4.78, 5) is 0. The van der Waals surface area contributed by atoms with E-state index in [2.05, 4.69) is 23.5 Å². The molecule has 4 rings (SSSR count). The molecular weight excluding hydrogens is 318 g/mol. The first-order valence-electron chi connectivity index (χ1n) is 8.65. The van der Waals surface area contributed by atoms with Gasteiger partial charge in [0.2, 0.25) is 0 Å². The van der Waals surface area contributed by atoms with Gasteiger partial charge in [-0.05, 0) is 60.3 Å². The normalized spacial score (nSPS) is 18.4. The van der Waals surface area contributed by atoms with Crippen LogP contribution in [0.1, 0.15) is 22.7 Å². The number of fused-ring (bicyclic) bond motifs is 2. The molecule has 132 valence electrons. The van der Waals surface area contributed by atoms with Gasteiger partial charge in [-0.2, -0.15) is 0 Å². The molecule has 0 radical (unpaired) electrons. The summed E-state index contributed by atoms with van der Waals surface area (Å²) in [6, 6.07) is 10.6. The molecule has 2 aromatic carbocycles. The predicted molar refractivity (Wildman–Crippen MR) is 95.1 cm³/mol. The first kappa shape index (κ1) is 16.1. The van der Waals surface area contributed by atoms with E-state index >= 15 is 0 Å². The fourth-order valence-electron chi connectivity index (χ4n) is 3.60. The van der Waals surface area contributed by atoms with Crippen molar-refractivity contribution in [2.24, 2.45) is 0 Å². The zero-order valence-corrected chi connectivity index (χ0v) is 14.6. The lowest BCUT2D eigenvalue weighted by molar-refractivity contribution is 0.171. The summed E-state index contributed by atoms with van der Waals surface area (Å²) >= 11 is 0. The highest BCUT2D eigenvalue weighted by atomic mass is 16.6. The summed E-state index contributed by atoms with van der Waals surface area (Å²) in [5.74, 6) is 3.24. The van der Waals surface area contributed by atoms with Crippen molar-refractivity contribution in [2.45, 2.75) is 18.9 Å². The van der Waals surface area contributed by atoms with E-state index in [9.17, 15) is 0 Å². The maximum Gasteiger partial charge on any atom is 0.161 e. The van der Waals surface area contributed by atoms with Gasteiger partial charge in [0, 0.05) is 6.04 Å². The van der Waals surface area contributed by atoms with Crippen LogP contribution in [0.3, 0.4) is 0 Å². The zero-order chi connectivity index (χ0) is 17.2. The van der Waals surface area contributed by atoms with E-state index in [1.54, 1.807) is 14.2 Å². The average molecular weight is 341 g/mol. The molecule has 1 unspecified atom stereocenters. The molecule has 0 fully saturated rings. The molecular formula is C20H23NO4. The largest absolute Gasteiger partial charge is 0.493 e. The van der Waals surface area contributed by atoms with Gasteiger partial charge >= 0.3 is 0 Å². The molecule has 0 aromatic heterocycles. The fourth-order valence-corrected chi connectivity index (χ4v) is 3.60. The van der Waals surface area contributed by atoms with Crippen molar-refractivity contribution in [1.29, 1.82) is 0 Å². The predicted octanol–water partition coefficient (Wildman–Crippen LogP) is 2.90. The Morgan fingerprint density at radius 3 is 2.52 bits per heavy atom. The van der Waals surface area contributed by atoms with E-state index in [-0.39, 0.29) is 6.04 Å². The smallest absolute Gasteiger partial charge is 0.161 e. The van der Waals surface area contributed by atoms with E-state index < -0.39 is 0 Å². The van der Waals surface area contributed by atoms with Gasteiger partial charge in [-0.1, -0.05) is 6.07 Å². The van der Waals surface area contributed by atoms with Gasteiger partial charge in [0.15, 0.2) is 23.0 Å². The van der Waals surface area contributed by atoms with E-state index in [4.69, 9.17) is 18.9 Å².